The first kappa shape index (κ1) is 22.3. The third-order valence-electron chi connectivity index (χ3n) is 5.55. The molecule has 1 saturated heterocycles. The van der Waals surface area contributed by atoms with Crippen LogP contribution in [0, 0.1) is 17.7 Å². The second kappa shape index (κ2) is 10.1. The minimum absolute atomic E-state index is 0. The van der Waals surface area contributed by atoms with Crippen molar-refractivity contribution in [1.82, 2.24) is 4.90 Å². The highest BCUT2D eigenvalue weighted by molar-refractivity contribution is 5.85. The van der Waals surface area contributed by atoms with Gasteiger partial charge in [0.15, 0.2) is 11.5 Å². The minimum atomic E-state index is -0.195. The summed E-state index contributed by atoms with van der Waals surface area (Å²) in [6.45, 7) is 7.12. The Morgan fingerprint density at radius 2 is 1.90 bits per heavy atom. The van der Waals surface area contributed by atoms with E-state index in [9.17, 15) is 4.39 Å². The van der Waals surface area contributed by atoms with Crippen molar-refractivity contribution in [2.75, 3.05) is 26.5 Å². The molecular weight excluding hydrogens is 405 g/mol. The smallest absolute Gasteiger partial charge is 0.231 e. The number of halogens is 2. The maximum Gasteiger partial charge on any atom is 0.231 e. The lowest BCUT2D eigenvalue weighted by molar-refractivity contribution is 0.141. The molecule has 2 aliphatic rings. The van der Waals surface area contributed by atoms with Crippen LogP contribution in [0.3, 0.4) is 0 Å². The molecule has 0 radical (unpaired) electrons. The number of hydrogen-bond donors (Lipinski definition) is 0. The van der Waals surface area contributed by atoms with Crippen LogP contribution in [0.15, 0.2) is 54.7 Å². The quantitative estimate of drug-likeness (QED) is 0.590. The molecule has 0 saturated carbocycles. The van der Waals surface area contributed by atoms with Gasteiger partial charge in [-0.05, 0) is 54.3 Å². The van der Waals surface area contributed by atoms with Crippen molar-refractivity contribution in [2.24, 2.45) is 11.8 Å². The van der Waals surface area contributed by atoms with Gasteiger partial charge in [0.05, 0.1) is 6.61 Å². The number of likely N-dealkylation sites (tertiary alicyclic amines) is 1. The van der Waals surface area contributed by atoms with Crippen molar-refractivity contribution in [3.05, 3.63) is 66.1 Å². The van der Waals surface area contributed by atoms with Gasteiger partial charge in [0.1, 0.15) is 11.6 Å². The number of hydrogen-bond acceptors (Lipinski definition) is 4. The van der Waals surface area contributed by atoms with E-state index >= 15 is 0 Å². The zero-order valence-electron chi connectivity index (χ0n) is 17.4. The van der Waals surface area contributed by atoms with Crippen LogP contribution in [0.5, 0.6) is 17.2 Å². The Balaban J connectivity index is 0.00000256. The van der Waals surface area contributed by atoms with E-state index in [4.69, 9.17) is 14.2 Å². The monoisotopic (exact) mass is 433 g/mol. The predicted octanol–water partition coefficient (Wildman–Crippen LogP) is 5.63. The summed E-state index contributed by atoms with van der Waals surface area (Å²) in [4.78, 5) is 2.37. The molecule has 6 heteroatoms. The standard InChI is InChI=1S/C24H28FNO3.ClH/c1-17(2)9-11-26-12-10-22(18-3-5-20(25)6-4-18)19(14-26)15-27-21-7-8-23-24(13-21)29-16-28-23;/h3-9,11,13,17,19,22H,10,12,14-16H2,1-2H3;1H/t19-,22-;/m0./s1. The molecule has 0 bridgehead atoms. The first-order valence-electron chi connectivity index (χ1n) is 10.3. The molecule has 162 valence electrons. The van der Waals surface area contributed by atoms with Gasteiger partial charge in [0.25, 0.3) is 0 Å². The van der Waals surface area contributed by atoms with Gasteiger partial charge in [-0.15, -0.1) is 12.4 Å². The van der Waals surface area contributed by atoms with Gasteiger partial charge in [0.2, 0.25) is 6.79 Å². The molecule has 2 aromatic carbocycles. The number of ether oxygens (including phenoxy) is 3. The third kappa shape index (κ3) is 5.39. The normalized spacial score (nSPS) is 20.5. The minimum Gasteiger partial charge on any atom is -0.493 e. The maximum atomic E-state index is 13.4. The average molecular weight is 434 g/mol. The summed E-state index contributed by atoms with van der Waals surface area (Å²) in [5.41, 5.74) is 1.18. The molecule has 2 atom stereocenters. The van der Waals surface area contributed by atoms with Gasteiger partial charge < -0.3 is 19.1 Å². The summed E-state index contributed by atoms with van der Waals surface area (Å²) in [7, 11) is 0. The van der Waals surface area contributed by atoms with E-state index in [2.05, 4.69) is 31.0 Å². The highest BCUT2D eigenvalue weighted by Gasteiger charge is 2.30. The van der Waals surface area contributed by atoms with Crippen LogP contribution in [0.25, 0.3) is 0 Å². The topological polar surface area (TPSA) is 30.9 Å². The van der Waals surface area contributed by atoms with Crippen molar-refractivity contribution < 1.29 is 18.6 Å². The molecule has 0 unspecified atom stereocenters. The van der Waals surface area contributed by atoms with E-state index in [1.165, 1.54) is 5.56 Å². The van der Waals surface area contributed by atoms with E-state index < -0.39 is 0 Å². The molecule has 1 fully saturated rings. The molecule has 0 aromatic heterocycles. The van der Waals surface area contributed by atoms with E-state index in [0.29, 0.717) is 24.4 Å². The summed E-state index contributed by atoms with van der Waals surface area (Å²) in [5, 5.41) is 0. The molecule has 2 aromatic rings. The van der Waals surface area contributed by atoms with Gasteiger partial charge in [-0.3, -0.25) is 0 Å². The van der Waals surface area contributed by atoms with Crippen molar-refractivity contribution in [3.63, 3.8) is 0 Å². The predicted molar refractivity (Wildman–Crippen MR) is 118 cm³/mol. The van der Waals surface area contributed by atoms with Crippen molar-refractivity contribution in [2.45, 2.75) is 26.2 Å². The van der Waals surface area contributed by atoms with Crippen molar-refractivity contribution in [1.29, 1.82) is 0 Å². The Morgan fingerprint density at radius 1 is 1.13 bits per heavy atom. The van der Waals surface area contributed by atoms with E-state index in [1.54, 1.807) is 12.1 Å². The lowest BCUT2D eigenvalue weighted by atomic mass is 9.81. The second-order valence-electron chi connectivity index (χ2n) is 8.11. The fraction of sp³-hybridized carbons (Fsp3) is 0.417. The molecule has 4 rings (SSSR count). The Morgan fingerprint density at radius 3 is 2.67 bits per heavy atom. The molecule has 2 aliphatic heterocycles. The number of piperidine rings is 1. The first-order valence-corrected chi connectivity index (χ1v) is 10.3. The first-order chi connectivity index (χ1) is 14.1. The number of allylic oxidation sites excluding steroid dienone is 1. The Hall–Kier alpha value is -2.40. The number of nitrogens with zero attached hydrogens (tertiary/aromatic N) is 1. The lowest BCUT2D eigenvalue weighted by Crippen LogP contribution is -2.39. The largest absolute Gasteiger partial charge is 0.493 e. The van der Waals surface area contributed by atoms with Crippen LogP contribution in [0.1, 0.15) is 31.7 Å². The fourth-order valence-electron chi connectivity index (χ4n) is 3.98. The molecule has 4 nitrogen and oxygen atoms in total. The summed E-state index contributed by atoms with van der Waals surface area (Å²) in [5.74, 6) is 3.23. The molecule has 0 aliphatic carbocycles. The molecular formula is C24H29ClFNO3. The van der Waals surface area contributed by atoms with Crippen LogP contribution < -0.4 is 14.2 Å². The number of fused-ring (bicyclic) bond motifs is 1. The second-order valence-corrected chi connectivity index (χ2v) is 8.11. The number of rotatable bonds is 6. The summed E-state index contributed by atoms with van der Waals surface area (Å²) in [6.07, 6.45) is 5.45. The third-order valence-corrected chi connectivity index (χ3v) is 5.55. The highest BCUT2D eigenvalue weighted by Crippen LogP contribution is 2.37. The summed E-state index contributed by atoms with van der Waals surface area (Å²) in [6, 6.07) is 12.6. The Bertz CT molecular complexity index is 856. The fourth-order valence-corrected chi connectivity index (χ4v) is 3.98. The molecule has 0 amide bonds. The number of benzene rings is 2. The van der Waals surface area contributed by atoms with E-state index in [0.717, 1.165) is 36.8 Å². The van der Waals surface area contributed by atoms with Gasteiger partial charge in [-0.2, -0.15) is 0 Å². The van der Waals surface area contributed by atoms with Gasteiger partial charge in [0, 0.05) is 25.1 Å². The Kier molecular flexibility index (Phi) is 7.48. The molecule has 30 heavy (non-hydrogen) atoms. The van der Waals surface area contributed by atoms with Gasteiger partial charge in [-0.1, -0.05) is 32.1 Å². The zero-order chi connectivity index (χ0) is 20.2. The summed E-state index contributed by atoms with van der Waals surface area (Å²) < 4.78 is 30.4. The van der Waals surface area contributed by atoms with Gasteiger partial charge in [-0.25, -0.2) is 4.39 Å². The van der Waals surface area contributed by atoms with Crippen LogP contribution in [-0.4, -0.2) is 31.4 Å². The van der Waals surface area contributed by atoms with Crippen LogP contribution in [0.2, 0.25) is 0 Å². The lowest BCUT2D eigenvalue weighted by Gasteiger charge is -2.38. The average Bonchev–Trinajstić information content (AvgIpc) is 3.19. The van der Waals surface area contributed by atoms with Crippen LogP contribution in [-0.2, 0) is 0 Å². The SMILES string of the molecule is CC(C)C=CN1CC[C@@H](c2ccc(F)cc2)[C@H](COc2ccc3c(c2)OCO3)C1.Cl. The van der Waals surface area contributed by atoms with Gasteiger partial charge >= 0.3 is 0 Å². The molecule has 0 N–H and O–H groups in total. The van der Waals surface area contributed by atoms with Crippen LogP contribution >= 0.6 is 12.4 Å². The van der Waals surface area contributed by atoms with Crippen LogP contribution in [0.4, 0.5) is 4.39 Å². The highest BCUT2D eigenvalue weighted by atomic mass is 35.5. The summed E-state index contributed by atoms with van der Waals surface area (Å²) >= 11 is 0. The zero-order valence-corrected chi connectivity index (χ0v) is 18.2. The van der Waals surface area contributed by atoms with Crippen molar-refractivity contribution in [3.8, 4) is 17.2 Å². The Labute approximate surface area is 184 Å². The molecule has 2 heterocycles. The van der Waals surface area contributed by atoms with E-state index in [-0.39, 0.29) is 25.0 Å². The van der Waals surface area contributed by atoms with Crippen molar-refractivity contribution >= 4 is 12.4 Å². The maximum absolute atomic E-state index is 13.4. The van der Waals surface area contributed by atoms with E-state index in [1.807, 2.05) is 30.3 Å². The molecule has 0 spiro atoms.